The van der Waals surface area contributed by atoms with Crippen molar-refractivity contribution in [3.8, 4) is 11.3 Å². The molecule has 0 N–H and O–H groups in total. The molecule has 1 aromatic carbocycles. The van der Waals surface area contributed by atoms with E-state index in [1.165, 1.54) is 0 Å². The average Bonchev–Trinajstić information content (AvgIpc) is 2.57. The Morgan fingerprint density at radius 2 is 1.78 bits per heavy atom. The second kappa shape index (κ2) is 6.55. The van der Waals surface area contributed by atoms with E-state index in [0.717, 1.165) is 30.4 Å². The third kappa shape index (κ3) is 3.39. The van der Waals surface area contributed by atoms with Gasteiger partial charge in [-0.25, -0.2) is 8.42 Å². The molecule has 1 aromatic heterocycles. The van der Waals surface area contributed by atoms with Crippen LogP contribution in [0.3, 0.4) is 0 Å². The highest BCUT2D eigenvalue weighted by atomic mass is 35.5. The van der Waals surface area contributed by atoms with Crippen LogP contribution in [-0.4, -0.2) is 36.0 Å². The second-order valence-corrected chi connectivity index (χ2v) is 7.98. The number of benzene rings is 1. The molecule has 0 spiro atoms. The Hall–Kier alpha value is -1.50. The van der Waals surface area contributed by atoms with Crippen molar-refractivity contribution in [2.75, 3.05) is 13.1 Å². The van der Waals surface area contributed by atoms with Crippen molar-refractivity contribution in [1.29, 1.82) is 0 Å². The van der Waals surface area contributed by atoms with Crippen LogP contribution >= 0.6 is 11.6 Å². The van der Waals surface area contributed by atoms with Crippen molar-refractivity contribution in [1.82, 2.24) is 14.5 Å². The van der Waals surface area contributed by atoms with Crippen molar-refractivity contribution >= 4 is 21.6 Å². The Balaban J connectivity index is 2.02. The normalized spacial score (nSPS) is 16.4. The van der Waals surface area contributed by atoms with Crippen molar-refractivity contribution in [2.24, 2.45) is 0 Å². The van der Waals surface area contributed by atoms with Gasteiger partial charge in [0.05, 0.1) is 10.6 Å². The van der Waals surface area contributed by atoms with Crippen molar-refractivity contribution in [3.05, 3.63) is 41.0 Å². The molecular formula is C16H18ClN3O2S. The summed E-state index contributed by atoms with van der Waals surface area (Å²) in [5.41, 5.74) is 2.06. The van der Waals surface area contributed by atoms with E-state index in [0.29, 0.717) is 28.8 Å². The summed E-state index contributed by atoms with van der Waals surface area (Å²) in [7, 11) is -3.47. The lowest BCUT2D eigenvalue weighted by Gasteiger charge is -2.26. The van der Waals surface area contributed by atoms with Gasteiger partial charge >= 0.3 is 0 Å². The Kier molecular flexibility index (Phi) is 4.66. The molecule has 2 aromatic rings. The number of piperidine rings is 1. The molecule has 0 saturated carbocycles. The lowest BCUT2D eigenvalue weighted by atomic mass is 10.1. The van der Waals surface area contributed by atoms with E-state index >= 15 is 0 Å². The number of nitrogens with zero attached hydrogens (tertiary/aromatic N) is 3. The third-order valence-electron chi connectivity index (χ3n) is 4.05. The highest BCUT2D eigenvalue weighted by Gasteiger charge is 2.27. The fourth-order valence-electron chi connectivity index (χ4n) is 2.75. The number of sulfonamides is 1. The largest absolute Gasteiger partial charge is 0.243 e. The molecule has 0 radical (unpaired) electrons. The zero-order valence-electron chi connectivity index (χ0n) is 12.9. The zero-order chi connectivity index (χ0) is 16.4. The van der Waals surface area contributed by atoms with Gasteiger partial charge < -0.3 is 0 Å². The van der Waals surface area contributed by atoms with Gasteiger partial charge in [-0.15, -0.1) is 10.2 Å². The first-order chi connectivity index (χ1) is 11.0. The summed E-state index contributed by atoms with van der Waals surface area (Å²) < 4.78 is 27.4. The molecule has 1 fully saturated rings. The quantitative estimate of drug-likeness (QED) is 0.851. The van der Waals surface area contributed by atoms with Gasteiger partial charge in [0.1, 0.15) is 0 Å². The number of aryl methyl sites for hydroxylation is 1. The lowest BCUT2D eigenvalue weighted by molar-refractivity contribution is 0.346. The van der Waals surface area contributed by atoms with Crippen molar-refractivity contribution in [3.63, 3.8) is 0 Å². The molecule has 1 aliphatic heterocycles. The lowest BCUT2D eigenvalue weighted by Crippen LogP contribution is -2.35. The molecular weight excluding hydrogens is 334 g/mol. The van der Waals surface area contributed by atoms with Crippen LogP contribution in [0, 0.1) is 6.92 Å². The van der Waals surface area contributed by atoms with Gasteiger partial charge in [-0.05, 0) is 43.5 Å². The van der Waals surface area contributed by atoms with E-state index in [1.807, 2.05) is 19.1 Å². The summed E-state index contributed by atoms with van der Waals surface area (Å²) in [4.78, 5) is 0.341. The van der Waals surface area contributed by atoms with E-state index < -0.39 is 10.0 Å². The molecule has 2 heterocycles. The van der Waals surface area contributed by atoms with E-state index in [9.17, 15) is 8.42 Å². The van der Waals surface area contributed by atoms with Crippen LogP contribution in [0.4, 0.5) is 0 Å². The summed E-state index contributed by atoms with van der Waals surface area (Å²) in [6.45, 7) is 2.99. The molecule has 0 atom stereocenters. The number of rotatable bonds is 3. The van der Waals surface area contributed by atoms with E-state index in [4.69, 9.17) is 11.6 Å². The van der Waals surface area contributed by atoms with Gasteiger partial charge in [-0.1, -0.05) is 30.2 Å². The fraction of sp³-hybridized carbons (Fsp3) is 0.375. The molecule has 1 saturated heterocycles. The maximum absolute atomic E-state index is 12.9. The minimum atomic E-state index is -3.47. The first kappa shape index (κ1) is 16.4. The summed E-state index contributed by atoms with van der Waals surface area (Å²) in [5.74, 6) is 0. The van der Waals surface area contributed by atoms with Gasteiger partial charge in [0, 0.05) is 18.7 Å². The van der Waals surface area contributed by atoms with Crippen LogP contribution in [0.1, 0.15) is 24.8 Å². The summed E-state index contributed by atoms with van der Waals surface area (Å²) in [6.07, 6.45) is 2.92. The first-order valence-corrected chi connectivity index (χ1v) is 9.41. The molecule has 0 aliphatic carbocycles. The summed E-state index contributed by atoms with van der Waals surface area (Å²) in [6, 6.07) is 8.71. The molecule has 0 bridgehead atoms. The van der Waals surface area contributed by atoms with Gasteiger partial charge in [-0.3, -0.25) is 0 Å². The molecule has 5 nitrogen and oxygen atoms in total. The standard InChI is InChI=1S/C16H18ClN3O2S/c1-12-5-6-13(14-7-8-16(17)19-18-14)11-15(12)23(21,22)20-9-3-2-4-10-20/h5-8,11H,2-4,9-10H2,1H3. The monoisotopic (exact) mass is 351 g/mol. The van der Waals surface area contributed by atoms with Crippen LogP contribution in [0.15, 0.2) is 35.2 Å². The molecule has 3 rings (SSSR count). The Morgan fingerprint density at radius 1 is 1.04 bits per heavy atom. The Bertz CT molecular complexity index is 801. The predicted octanol–water partition coefficient (Wildman–Crippen LogP) is 3.28. The smallest absolute Gasteiger partial charge is 0.207 e. The van der Waals surface area contributed by atoms with Crippen LogP contribution in [-0.2, 0) is 10.0 Å². The number of aromatic nitrogens is 2. The minimum Gasteiger partial charge on any atom is -0.207 e. The van der Waals surface area contributed by atoms with Gasteiger partial charge in [0.2, 0.25) is 10.0 Å². The SMILES string of the molecule is Cc1ccc(-c2ccc(Cl)nn2)cc1S(=O)(=O)N1CCCCC1. The average molecular weight is 352 g/mol. The Labute approximate surface area is 141 Å². The van der Waals surface area contributed by atoms with Crippen LogP contribution in [0.5, 0.6) is 0 Å². The molecule has 7 heteroatoms. The minimum absolute atomic E-state index is 0.307. The van der Waals surface area contributed by atoms with Gasteiger partial charge in [-0.2, -0.15) is 4.31 Å². The highest BCUT2D eigenvalue weighted by molar-refractivity contribution is 7.89. The Morgan fingerprint density at radius 3 is 2.43 bits per heavy atom. The molecule has 1 aliphatic rings. The molecule has 0 unspecified atom stereocenters. The van der Waals surface area contributed by atoms with Crippen molar-refractivity contribution < 1.29 is 8.42 Å². The number of hydrogen-bond donors (Lipinski definition) is 0. The fourth-order valence-corrected chi connectivity index (χ4v) is 4.62. The zero-order valence-corrected chi connectivity index (χ0v) is 14.4. The summed E-state index contributed by atoms with van der Waals surface area (Å²) in [5, 5.41) is 8.15. The maximum atomic E-state index is 12.9. The summed E-state index contributed by atoms with van der Waals surface area (Å²) >= 11 is 5.75. The van der Waals surface area contributed by atoms with Crippen LogP contribution < -0.4 is 0 Å². The van der Waals surface area contributed by atoms with E-state index in [1.54, 1.807) is 22.5 Å². The van der Waals surface area contributed by atoms with Crippen molar-refractivity contribution in [2.45, 2.75) is 31.1 Å². The van der Waals surface area contributed by atoms with E-state index in [2.05, 4.69) is 10.2 Å². The maximum Gasteiger partial charge on any atom is 0.243 e. The van der Waals surface area contributed by atoms with Crippen LogP contribution in [0.2, 0.25) is 5.15 Å². The topological polar surface area (TPSA) is 63.2 Å². The van der Waals surface area contributed by atoms with Gasteiger partial charge in [0.25, 0.3) is 0 Å². The van der Waals surface area contributed by atoms with Crippen LogP contribution in [0.25, 0.3) is 11.3 Å². The number of hydrogen-bond acceptors (Lipinski definition) is 4. The predicted molar refractivity (Wildman–Crippen MR) is 89.8 cm³/mol. The molecule has 0 amide bonds. The highest BCUT2D eigenvalue weighted by Crippen LogP contribution is 2.27. The third-order valence-corrected chi connectivity index (χ3v) is 6.29. The number of halogens is 1. The second-order valence-electron chi connectivity index (χ2n) is 5.69. The first-order valence-electron chi connectivity index (χ1n) is 7.59. The van der Waals surface area contributed by atoms with Gasteiger partial charge in [0.15, 0.2) is 5.15 Å². The van der Waals surface area contributed by atoms with E-state index in [-0.39, 0.29) is 0 Å². The molecule has 23 heavy (non-hydrogen) atoms. The molecule has 122 valence electrons.